The first-order chi connectivity index (χ1) is 9.47. The van der Waals surface area contributed by atoms with Crippen molar-refractivity contribution >= 4 is 39.3 Å². The standard InChI is InChI=1S/C13H11BrF2N2OS/c1-18-7-8(14)6-10(18)12(19)17-9-4-2-3-5-11(9)20-13(15)16/h2-7,13H,1H3,(H,17,19). The second kappa shape index (κ2) is 6.41. The minimum Gasteiger partial charge on any atom is -0.345 e. The van der Waals surface area contributed by atoms with Gasteiger partial charge in [0.2, 0.25) is 0 Å². The molecule has 1 heterocycles. The van der Waals surface area contributed by atoms with Crippen molar-refractivity contribution in [3.63, 3.8) is 0 Å². The Bertz CT molecular complexity index is 631. The molecule has 0 saturated heterocycles. The predicted octanol–water partition coefficient (Wildman–Crippen LogP) is 4.35. The number of thioether (sulfide) groups is 1. The lowest BCUT2D eigenvalue weighted by Gasteiger charge is -2.10. The molecule has 0 aliphatic heterocycles. The van der Waals surface area contributed by atoms with Crippen LogP contribution in [0.25, 0.3) is 0 Å². The fourth-order valence-electron chi connectivity index (χ4n) is 1.70. The summed E-state index contributed by atoms with van der Waals surface area (Å²) in [5, 5.41) is 2.65. The van der Waals surface area contributed by atoms with Gasteiger partial charge < -0.3 is 9.88 Å². The maximum absolute atomic E-state index is 12.5. The third-order valence-electron chi connectivity index (χ3n) is 2.56. The van der Waals surface area contributed by atoms with Crippen LogP contribution in [0, 0.1) is 0 Å². The molecule has 2 rings (SSSR count). The first kappa shape index (κ1) is 15.1. The van der Waals surface area contributed by atoms with Gasteiger partial charge in [-0.3, -0.25) is 4.79 Å². The van der Waals surface area contributed by atoms with Gasteiger partial charge in [0.1, 0.15) is 5.69 Å². The van der Waals surface area contributed by atoms with Crippen molar-refractivity contribution in [1.29, 1.82) is 0 Å². The number of para-hydroxylation sites is 1. The summed E-state index contributed by atoms with van der Waals surface area (Å²) in [6.45, 7) is 0. The Labute approximate surface area is 127 Å². The Kier molecular flexibility index (Phi) is 4.82. The Morgan fingerprint density at radius 3 is 2.70 bits per heavy atom. The second-order valence-electron chi connectivity index (χ2n) is 3.98. The Morgan fingerprint density at radius 2 is 2.10 bits per heavy atom. The lowest BCUT2D eigenvalue weighted by molar-refractivity contribution is 0.101. The van der Waals surface area contributed by atoms with Crippen LogP contribution in [-0.2, 0) is 7.05 Å². The van der Waals surface area contributed by atoms with Crippen LogP contribution in [0.1, 0.15) is 10.5 Å². The molecule has 20 heavy (non-hydrogen) atoms. The van der Waals surface area contributed by atoms with E-state index in [1.165, 1.54) is 0 Å². The molecule has 2 aromatic rings. The molecule has 0 bridgehead atoms. The number of aryl methyl sites for hydroxylation is 1. The number of nitrogens with one attached hydrogen (secondary N) is 1. The monoisotopic (exact) mass is 360 g/mol. The Hall–Kier alpha value is -1.34. The predicted molar refractivity (Wildman–Crippen MR) is 79.4 cm³/mol. The van der Waals surface area contributed by atoms with Crippen molar-refractivity contribution in [3.8, 4) is 0 Å². The van der Waals surface area contributed by atoms with Gasteiger partial charge in [-0.1, -0.05) is 23.9 Å². The number of aromatic nitrogens is 1. The molecule has 0 spiro atoms. The molecule has 1 aromatic heterocycles. The highest BCUT2D eigenvalue weighted by Gasteiger charge is 2.15. The molecular weight excluding hydrogens is 350 g/mol. The number of nitrogens with zero attached hydrogens (tertiary/aromatic N) is 1. The van der Waals surface area contributed by atoms with Gasteiger partial charge in [-0.25, -0.2) is 0 Å². The number of carbonyl (C=O) groups is 1. The van der Waals surface area contributed by atoms with Crippen molar-refractivity contribution in [1.82, 2.24) is 4.57 Å². The van der Waals surface area contributed by atoms with E-state index in [1.54, 1.807) is 48.1 Å². The van der Waals surface area contributed by atoms with Gasteiger partial charge in [0.15, 0.2) is 0 Å². The molecule has 0 fully saturated rings. The fraction of sp³-hybridized carbons (Fsp3) is 0.154. The minimum absolute atomic E-state index is 0.337. The smallest absolute Gasteiger partial charge is 0.288 e. The first-order valence-corrected chi connectivity index (χ1v) is 7.31. The number of alkyl halides is 2. The molecule has 1 aromatic carbocycles. The average molecular weight is 361 g/mol. The van der Waals surface area contributed by atoms with Crippen molar-refractivity contribution in [2.24, 2.45) is 7.05 Å². The number of hydrogen-bond donors (Lipinski definition) is 1. The van der Waals surface area contributed by atoms with Gasteiger partial charge in [0.05, 0.1) is 5.69 Å². The molecule has 3 nitrogen and oxygen atoms in total. The summed E-state index contributed by atoms with van der Waals surface area (Å²) < 4.78 is 27.4. The van der Waals surface area contributed by atoms with E-state index in [1.807, 2.05) is 0 Å². The molecule has 0 atom stereocenters. The van der Waals surface area contributed by atoms with Crippen LogP contribution in [0.2, 0.25) is 0 Å². The number of anilines is 1. The molecule has 7 heteroatoms. The summed E-state index contributed by atoms with van der Waals surface area (Å²) >= 11 is 3.69. The number of amides is 1. The van der Waals surface area contributed by atoms with Crippen molar-refractivity contribution < 1.29 is 13.6 Å². The highest BCUT2D eigenvalue weighted by Crippen LogP contribution is 2.31. The quantitative estimate of drug-likeness (QED) is 0.822. The van der Waals surface area contributed by atoms with E-state index < -0.39 is 5.76 Å². The van der Waals surface area contributed by atoms with Crippen LogP contribution in [0.5, 0.6) is 0 Å². The minimum atomic E-state index is -2.53. The molecule has 1 amide bonds. The van der Waals surface area contributed by atoms with Crippen LogP contribution in [-0.4, -0.2) is 16.2 Å². The SMILES string of the molecule is Cn1cc(Br)cc1C(=O)Nc1ccccc1SC(F)F. The van der Waals surface area contributed by atoms with Crippen LogP contribution in [0.15, 0.2) is 45.9 Å². The average Bonchev–Trinajstić information content (AvgIpc) is 2.70. The maximum Gasteiger partial charge on any atom is 0.288 e. The summed E-state index contributed by atoms with van der Waals surface area (Å²) in [5.41, 5.74) is 0.814. The zero-order chi connectivity index (χ0) is 14.7. The Balaban J connectivity index is 2.22. The molecule has 106 valence electrons. The maximum atomic E-state index is 12.5. The van der Waals surface area contributed by atoms with E-state index in [4.69, 9.17) is 0 Å². The topological polar surface area (TPSA) is 34.0 Å². The summed E-state index contributed by atoms with van der Waals surface area (Å²) in [4.78, 5) is 12.5. The number of benzene rings is 1. The highest BCUT2D eigenvalue weighted by atomic mass is 79.9. The summed E-state index contributed by atoms with van der Waals surface area (Å²) in [6, 6.07) is 8.15. The zero-order valence-electron chi connectivity index (χ0n) is 10.4. The molecule has 0 unspecified atom stereocenters. The summed E-state index contributed by atoms with van der Waals surface area (Å²) in [5.74, 6) is -2.88. The number of halogens is 3. The van der Waals surface area contributed by atoms with Gasteiger partial charge in [0, 0.05) is 22.6 Å². The molecule has 0 aliphatic rings. The van der Waals surface area contributed by atoms with Gasteiger partial charge in [-0.15, -0.1) is 0 Å². The third-order valence-corrected chi connectivity index (χ3v) is 3.78. The number of rotatable bonds is 4. The molecular formula is C13H11BrF2N2OS. The van der Waals surface area contributed by atoms with Gasteiger partial charge in [0.25, 0.3) is 11.7 Å². The van der Waals surface area contributed by atoms with Crippen LogP contribution in [0.4, 0.5) is 14.5 Å². The van der Waals surface area contributed by atoms with Crippen LogP contribution >= 0.6 is 27.7 Å². The van der Waals surface area contributed by atoms with Gasteiger partial charge in [-0.2, -0.15) is 8.78 Å². The summed E-state index contributed by atoms with van der Waals surface area (Å²) in [7, 11) is 1.74. The van der Waals surface area contributed by atoms with E-state index >= 15 is 0 Å². The largest absolute Gasteiger partial charge is 0.345 e. The fourth-order valence-corrected chi connectivity index (χ4v) is 2.82. The number of carbonyl (C=O) groups excluding carboxylic acids is 1. The third kappa shape index (κ3) is 3.61. The van der Waals surface area contributed by atoms with E-state index in [2.05, 4.69) is 21.2 Å². The van der Waals surface area contributed by atoms with E-state index in [0.717, 1.165) is 4.47 Å². The molecule has 0 radical (unpaired) electrons. The molecule has 0 aliphatic carbocycles. The summed E-state index contributed by atoms with van der Waals surface area (Å²) in [6.07, 6.45) is 1.74. The zero-order valence-corrected chi connectivity index (χ0v) is 12.8. The van der Waals surface area contributed by atoms with Crippen molar-refractivity contribution in [2.75, 3.05) is 5.32 Å². The highest BCUT2D eigenvalue weighted by molar-refractivity contribution is 9.10. The Morgan fingerprint density at radius 1 is 1.40 bits per heavy atom. The van der Waals surface area contributed by atoms with Gasteiger partial charge >= 0.3 is 0 Å². The van der Waals surface area contributed by atoms with Gasteiger partial charge in [-0.05, 0) is 34.1 Å². The molecule has 0 saturated carbocycles. The second-order valence-corrected chi connectivity index (χ2v) is 5.93. The van der Waals surface area contributed by atoms with Crippen LogP contribution in [0.3, 0.4) is 0 Å². The lowest BCUT2D eigenvalue weighted by Crippen LogP contribution is -2.15. The van der Waals surface area contributed by atoms with E-state index in [-0.39, 0.29) is 5.91 Å². The number of hydrogen-bond acceptors (Lipinski definition) is 2. The van der Waals surface area contributed by atoms with Crippen molar-refractivity contribution in [2.45, 2.75) is 10.7 Å². The lowest BCUT2D eigenvalue weighted by atomic mass is 10.3. The molecule has 1 N–H and O–H groups in total. The van der Waals surface area contributed by atoms with Crippen molar-refractivity contribution in [3.05, 3.63) is 46.7 Å². The van der Waals surface area contributed by atoms with Crippen LogP contribution < -0.4 is 5.32 Å². The van der Waals surface area contributed by atoms with E-state index in [0.29, 0.717) is 28.0 Å². The first-order valence-electron chi connectivity index (χ1n) is 5.64. The normalized spacial score (nSPS) is 10.8. The van der Waals surface area contributed by atoms with E-state index in [9.17, 15) is 13.6 Å².